The maximum absolute atomic E-state index is 12.6. The summed E-state index contributed by atoms with van der Waals surface area (Å²) < 4.78 is 5.52. The molecule has 2 unspecified atom stereocenters. The molecule has 0 aliphatic heterocycles. The number of unbranched alkanes of at least 4 members (excludes halogenated alkanes) is 70. The van der Waals surface area contributed by atoms with E-state index in [4.69, 9.17) is 4.74 Å². The number of aliphatic hydroxyl groups is 2. The van der Waals surface area contributed by atoms with Gasteiger partial charge in [0.1, 0.15) is 0 Å². The lowest BCUT2D eigenvalue weighted by Gasteiger charge is -2.20. The zero-order valence-corrected chi connectivity index (χ0v) is 62.4. The Labute approximate surface area is 571 Å². The van der Waals surface area contributed by atoms with E-state index in [2.05, 4.69) is 19.2 Å². The molecule has 91 heavy (non-hydrogen) atoms. The SMILES string of the molecule is CCCCCCCCCCCCCCCCCCCCCCCCC/C=C/C(O)C(CO)NC(=O)CCCCCCCCCCCCCCCCCCCCCCCCCCCCCCCCCCOC(=O)CCCCCCCCCCCCCCCCCCC. The van der Waals surface area contributed by atoms with Gasteiger partial charge in [0, 0.05) is 12.8 Å². The summed E-state index contributed by atoms with van der Waals surface area (Å²) in [5, 5.41) is 23.3. The second-order valence-electron chi connectivity index (χ2n) is 29.5. The van der Waals surface area contributed by atoms with Gasteiger partial charge in [0.05, 0.1) is 25.4 Å². The quantitative estimate of drug-likeness (QED) is 0.0320. The molecule has 0 spiro atoms. The van der Waals surface area contributed by atoms with Crippen molar-refractivity contribution >= 4 is 11.9 Å². The summed E-state index contributed by atoms with van der Waals surface area (Å²) in [4.78, 5) is 24.7. The van der Waals surface area contributed by atoms with Gasteiger partial charge < -0.3 is 20.3 Å². The van der Waals surface area contributed by atoms with Crippen LogP contribution in [0.15, 0.2) is 12.2 Å². The first kappa shape index (κ1) is 89.6. The van der Waals surface area contributed by atoms with Gasteiger partial charge in [-0.1, -0.05) is 463 Å². The lowest BCUT2D eigenvalue weighted by atomic mass is 10.0. The molecular weight excluding hydrogens is 1110 g/mol. The number of esters is 1. The normalized spacial score (nSPS) is 12.4. The first-order valence-electron chi connectivity index (χ1n) is 42.5. The van der Waals surface area contributed by atoms with Crippen LogP contribution in [0.4, 0.5) is 0 Å². The molecule has 0 heterocycles. The molecule has 6 nitrogen and oxygen atoms in total. The minimum atomic E-state index is -0.843. The van der Waals surface area contributed by atoms with Gasteiger partial charge in [-0.2, -0.15) is 0 Å². The molecule has 0 aromatic carbocycles. The molecule has 0 fully saturated rings. The van der Waals surface area contributed by atoms with Gasteiger partial charge in [-0.15, -0.1) is 0 Å². The van der Waals surface area contributed by atoms with E-state index < -0.39 is 12.1 Å². The monoisotopic (exact) mass is 1280 g/mol. The van der Waals surface area contributed by atoms with Crippen molar-refractivity contribution in [1.82, 2.24) is 5.32 Å². The van der Waals surface area contributed by atoms with Crippen molar-refractivity contribution in [3.05, 3.63) is 12.2 Å². The Morgan fingerprint density at radius 3 is 0.747 bits per heavy atom. The third-order valence-electron chi connectivity index (χ3n) is 20.3. The van der Waals surface area contributed by atoms with Gasteiger partial charge in [-0.25, -0.2) is 0 Å². The van der Waals surface area contributed by atoms with E-state index in [-0.39, 0.29) is 18.5 Å². The average molecular weight is 1280 g/mol. The molecule has 0 aromatic rings. The minimum Gasteiger partial charge on any atom is -0.466 e. The number of hydrogen-bond donors (Lipinski definition) is 3. The summed E-state index contributed by atoms with van der Waals surface area (Å²) >= 11 is 0. The number of nitrogens with one attached hydrogen (secondary N) is 1. The smallest absolute Gasteiger partial charge is 0.305 e. The Balaban J connectivity index is 3.34. The Morgan fingerprint density at radius 2 is 0.505 bits per heavy atom. The van der Waals surface area contributed by atoms with Crippen molar-refractivity contribution in [3.8, 4) is 0 Å². The molecule has 0 rings (SSSR count). The van der Waals surface area contributed by atoms with Crippen LogP contribution in [-0.2, 0) is 14.3 Å². The second-order valence-corrected chi connectivity index (χ2v) is 29.5. The Morgan fingerprint density at radius 1 is 0.297 bits per heavy atom. The summed E-state index contributed by atoms with van der Waals surface area (Å²) in [6.45, 7) is 4.98. The van der Waals surface area contributed by atoms with Gasteiger partial charge in [0.15, 0.2) is 0 Å². The Bertz CT molecular complexity index is 1380. The molecule has 0 radical (unpaired) electrons. The van der Waals surface area contributed by atoms with Crippen LogP contribution in [0.5, 0.6) is 0 Å². The minimum absolute atomic E-state index is 0.0264. The van der Waals surface area contributed by atoms with Crippen LogP contribution in [0.25, 0.3) is 0 Å². The molecule has 0 bridgehead atoms. The number of carbonyl (C=O) groups excluding carboxylic acids is 2. The second kappa shape index (κ2) is 81.0. The summed E-state index contributed by atoms with van der Waals surface area (Å²) in [7, 11) is 0. The Kier molecular flexibility index (Phi) is 79.8. The molecule has 0 saturated carbocycles. The highest BCUT2D eigenvalue weighted by atomic mass is 16.5. The number of ether oxygens (including phenoxy) is 1. The number of hydrogen-bond acceptors (Lipinski definition) is 5. The van der Waals surface area contributed by atoms with Crippen molar-refractivity contribution in [3.63, 3.8) is 0 Å². The van der Waals surface area contributed by atoms with E-state index in [1.54, 1.807) is 6.08 Å². The zero-order chi connectivity index (χ0) is 65.6. The third-order valence-corrected chi connectivity index (χ3v) is 20.3. The number of aliphatic hydroxyl groups excluding tert-OH is 2. The predicted octanol–water partition coefficient (Wildman–Crippen LogP) is 28.2. The van der Waals surface area contributed by atoms with Crippen LogP contribution in [0.3, 0.4) is 0 Å². The standard InChI is InChI=1S/C85H167NO5/c1-3-5-7-9-11-13-15-17-19-21-22-23-24-33-36-39-42-46-49-53-57-61-65-69-73-77-83(88)82(81-87)86-84(89)78-74-70-66-62-58-54-50-47-43-40-37-34-31-29-27-25-26-28-30-32-35-38-41-44-48-52-56-60-64-68-72-76-80-91-85(90)79-75-71-67-63-59-55-51-45-20-18-16-14-12-10-8-6-4-2/h73,77,82-83,87-88H,3-72,74-76,78-81H2,1-2H3,(H,86,89)/b77-73+. The van der Waals surface area contributed by atoms with Crippen LogP contribution in [0.2, 0.25) is 0 Å². The topological polar surface area (TPSA) is 95.9 Å². The van der Waals surface area contributed by atoms with Crippen molar-refractivity contribution < 1.29 is 24.5 Å². The summed E-state index contributed by atoms with van der Waals surface area (Å²) in [5.74, 6) is -0.0307. The fourth-order valence-electron chi connectivity index (χ4n) is 13.9. The highest BCUT2D eigenvalue weighted by molar-refractivity contribution is 5.76. The summed E-state index contributed by atoms with van der Waals surface area (Å²) in [6.07, 6.45) is 104. The fraction of sp³-hybridized carbons (Fsp3) is 0.953. The number of carbonyl (C=O) groups is 2. The maximum atomic E-state index is 12.6. The largest absolute Gasteiger partial charge is 0.466 e. The van der Waals surface area contributed by atoms with E-state index >= 15 is 0 Å². The number of allylic oxidation sites excluding steroid dienone is 1. The van der Waals surface area contributed by atoms with E-state index in [0.717, 1.165) is 38.5 Å². The van der Waals surface area contributed by atoms with Gasteiger partial charge in [0.2, 0.25) is 5.91 Å². The van der Waals surface area contributed by atoms with Crippen LogP contribution >= 0.6 is 0 Å². The van der Waals surface area contributed by atoms with Crippen molar-refractivity contribution in [2.24, 2.45) is 0 Å². The molecule has 6 heteroatoms. The third kappa shape index (κ3) is 77.5. The van der Waals surface area contributed by atoms with Crippen LogP contribution in [0.1, 0.15) is 495 Å². The first-order chi connectivity index (χ1) is 45.0. The van der Waals surface area contributed by atoms with E-state index in [9.17, 15) is 19.8 Å². The van der Waals surface area contributed by atoms with E-state index in [1.165, 1.54) is 430 Å². The van der Waals surface area contributed by atoms with Crippen molar-refractivity contribution in [2.45, 2.75) is 508 Å². The fourth-order valence-corrected chi connectivity index (χ4v) is 13.9. The highest BCUT2D eigenvalue weighted by Crippen LogP contribution is 2.21. The molecular formula is C85H167NO5. The molecule has 0 aliphatic rings. The molecule has 542 valence electrons. The van der Waals surface area contributed by atoms with Crippen molar-refractivity contribution in [2.75, 3.05) is 13.2 Å². The average Bonchev–Trinajstić information content (AvgIpc) is 3.75. The van der Waals surface area contributed by atoms with Gasteiger partial charge in [-0.3, -0.25) is 9.59 Å². The Hall–Kier alpha value is -1.40. The van der Waals surface area contributed by atoms with Gasteiger partial charge in [-0.05, 0) is 32.1 Å². The number of amides is 1. The van der Waals surface area contributed by atoms with Crippen LogP contribution in [0, 0.1) is 0 Å². The summed E-state index contributed by atoms with van der Waals surface area (Å²) in [5.41, 5.74) is 0. The van der Waals surface area contributed by atoms with E-state index in [0.29, 0.717) is 19.4 Å². The van der Waals surface area contributed by atoms with Crippen molar-refractivity contribution in [1.29, 1.82) is 0 Å². The first-order valence-corrected chi connectivity index (χ1v) is 42.5. The molecule has 1 amide bonds. The molecule has 0 saturated heterocycles. The molecule has 0 aromatic heterocycles. The van der Waals surface area contributed by atoms with Crippen LogP contribution < -0.4 is 5.32 Å². The summed E-state index contributed by atoms with van der Waals surface area (Å²) in [6, 6.07) is -0.625. The zero-order valence-electron chi connectivity index (χ0n) is 62.4. The molecule has 0 aliphatic carbocycles. The predicted molar refractivity (Wildman–Crippen MR) is 403 cm³/mol. The molecule has 3 N–H and O–H groups in total. The lowest BCUT2D eigenvalue weighted by Crippen LogP contribution is -2.45. The highest BCUT2D eigenvalue weighted by Gasteiger charge is 2.18. The van der Waals surface area contributed by atoms with Gasteiger partial charge >= 0.3 is 5.97 Å². The number of rotatable bonds is 81. The van der Waals surface area contributed by atoms with Crippen LogP contribution in [-0.4, -0.2) is 47.4 Å². The van der Waals surface area contributed by atoms with Gasteiger partial charge in [0.25, 0.3) is 0 Å². The molecule has 2 atom stereocenters. The van der Waals surface area contributed by atoms with E-state index in [1.807, 2.05) is 6.08 Å². The lowest BCUT2D eigenvalue weighted by molar-refractivity contribution is -0.143. The maximum Gasteiger partial charge on any atom is 0.305 e.